The lowest BCUT2D eigenvalue weighted by Gasteiger charge is -2.34. The van der Waals surface area contributed by atoms with E-state index in [0.717, 1.165) is 5.52 Å². The summed E-state index contributed by atoms with van der Waals surface area (Å²) >= 11 is 5.88. The summed E-state index contributed by atoms with van der Waals surface area (Å²) in [7, 11) is 0. The number of nitrogens with zero attached hydrogens (tertiary/aromatic N) is 3. The molecule has 1 aromatic heterocycles. The predicted molar refractivity (Wildman–Crippen MR) is 99.4 cm³/mol. The zero-order valence-electron chi connectivity index (χ0n) is 14.1. The van der Waals surface area contributed by atoms with Gasteiger partial charge in [-0.3, -0.25) is 14.3 Å². The average Bonchev–Trinajstić information content (AvgIpc) is 2.98. The fraction of sp³-hybridized carbons (Fsp3) is 0.263. The quantitative estimate of drug-likeness (QED) is 0.710. The first kappa shape index (κ1) is 16.9. The van der Waals surface area contributed by atoms with Gasteiger partial charge in [-0.05, 0) is 36.4 Å². The smallest absolute Gasteiger partial charge is 0.408 e. The van der Waals surface area contributed by atoms with Crippen LogP contribution >= 0.6 is 11.6 Å². The van der Waals surface area contributed by atoms with Gasteiger partial charge >= 0.3 is 5.76 Å². The second-order valence-corrected chi connectivity index (χ2v) is 6.76. The van der Waals surface area contributed by atoms with Crippen LogP contribution in [-0.4, -0.2) is 46.5 Å². The zero-order valence-corrected chi connectivity index (χ0v) is 14.9. The van der Waals surface area contributed by atoms with E-state index in [1.54, 1.807) is 34.9 Å². The van der Waals surface area contributed by atoms with Gasteiger partial charge in [0.15, 0.2) is 5.58 Å². The summed E-state index contributed by atoms with van der Waals surface area (Å²) in [4.78, 5) is 28.6. The molecule has 1 amide bonds. The van der Waals surface area contributed by atoms with Crippen molar-refractivity contribution in [1.29, 1.82) is 0 Å². The number of halogens is 1. The van der Waals surface area contributed by atoms with Crippen LogP contribution < -0.4 is 5.76 Å². The van der Waals surface area contributed by atoms with E-state index in [1.807, 2.05) is 23.1 Å². The van der Waals surface area contributed by atoms with Gasteiger partial charge in [-0.25, -0.2) is 4.79 Å². The zero-order chi connectivity index (χ0) is 18.1. The summed E-state index contributed by atoms with van der Waals surface area (Å²) in [5.41, 5.74) is 2.02. The van der Waals surface area contributed by atoms with E-state index >= 15 is 0 Å². The summed E-state index contributed by atoms with van der Waals surface area (Å²) in [6, 6.07) is 14.3. The Kier molecular flexibility index (Phi) is 4.53. The molecule has 0 radical (unpaired) electrons. The van der Waals surface area contributed by atoms with Crippen LogP contribution in [0.4, 0.5) is 0 Å². The van der Waals surface area contributed by atoms with Crippen molar-refractivity contribution in [2.75, 3.05) is 26.2 Å². The number of benzene rings is 2. The number of hydrogen-bond donors (Lipinski definition) is 0. The van der Waals surface area contributed by atoms with Gasteiger partial charge < -0.3 is 9.32 Å². The summed E-state index contributed by atoms with van der Waals surface area (Å²) in [6.07, 6.45) is 0. The van der Waals surface area contributed by atoms with E-state index in [4.69, 9.17) is 16.0 Å². The molecule has 0 bridgehead atoms. The number of fused-ring (bicyclic) bond motifs is 1. The Labute approximate surface area is 155 Å². The number of oxazole rings is 1. The molecule has 0 aliphatic carbocycles. The van der Waals surface area contributed by atoms with Crippen LogP contribution in [0.25, 0.3) is 11.1 Å². The number of amides is 1. The van der Waals surface area contributed by atoms with Crippen LogP contribution in [0.5, 0.6) is 0 Å². The molecule has 0 saturated carbocycles. The molecule has 1 fully saturated rings. The maximum Gasteiger partial charge on any atom is 0.421 e. The van der Waals surface area contributed by atoms with Gasteiger partial charge in [0.25, 0.3) is 5.91 Å². The van der Waals surface area contributed by atoms with Crippen LogP contribution in [0, 0.1) is 0 Å². The molecule has 3 aromatic rings. The van der Waals surface area contributed by atoms with Gasteiger partial charge in [-0.15, -0.1) is 0 Å². The summed E-state index contributed by atoms with van der Waals surface area (Å²) in [5.74, 6) is -0.349. The summed E-state index contributed by atoms with van der Waals surface area (Å²) in [6.45, 7) is 3.09. The lowest BCUT2D eigenvalue weighted by atomic mass is 10.2. The molecule has 0 N–H and O–H groups in total. The molecule has 26 heavy (non-hydrogen) atoms. The number of hydrogen-bond acceptors (Lipinski definition) is 4. The Hall–Kier alpha value is -2.57. The molecular formula is C19H18ClN3O3. The van der Waals surface area contributed by atoms with Crippen molar-refractivity contribution in [2.45, 2.75) is 6.67 Å². The number of rotatable bonds is 3. The summed E-state index contributed by atoms with van der Waals surface area (Å²) < 4.78 is 6.90. The van der Waals surface area contributed by atoms with Crippen molar-refractivity contribution in [3.8, 4) is 0 Å². The van der Waals surface area contributed by atoms with Crippen molar-refractivity contribution in [2.24, 2.45) is 0 Å². The van der Waals surface area contributed by atoms with Gasteiger partial charge in [0.05, 0.1) is 12.2 Å². The molecule has 7 heteroatoms. The minimum Gasteiger partial charge on any atom is -0.408 e. The molecular weight excluding hydrogens is 354 g/mol. The van der Waals surface area contributed by atoms with Crippen molar-refractivity contribution in [1.82, 2.24) is 14.4 Å². The van der Waals surface area contributed by atoms with E-state index in [1.165, 1.54) is 0 Å². The highest BCUT2D eigenvalue weighted by molar-refractivity contribution is 6.30. The lowest BCUT2D eigenvalue weighted by molar-refractivity contribution is 0.0592. The van der Waals surface area contributed by atoms with Crippen LogP contribution in [0.2, 0.25) is 5.02 Å². The highest BCUT2D eigenvalue weighted by Crippen LogP contribution is 2.15. The van der Waals surface area contributed by atoms with Crippen molar-refractivity contribution in [3.63, 3.8) is 0 Å². The molecule has 0 atom stereocenters. The standard InChI is InChI=1S/C19H18ClN3O3/c20-15-7-5-14(6-8-15)18(24)22-11-9-21(10-12-22)13-23-16-3-1-2-4-17(16)26-19(23)25/h1-8H,9-13H2. The van der Waals surface area contributed by atoms with Crippen LogP contribution in [-0.2, 0) is 6.67 Å². The van der Waals surface area contributed by atoms with E-state index in [0.29, 0.717) is 49.0 Å². The molecule has 6 nitrogen and oxygen atoms in total. The van der Waals surface area contributed by atoms with Crippen molar-refractivity contribution in [3.05, 3.63) is 69.7 Å². The first-order valence-corrected chi connectivity index (χ1v) is 8.85. The normalized spacial score (nSPS) is 15.5. The Morgan fingerprint density at radius 3 is 2.42 bits per heavy atom. The maximum absolute atomic E-state index is 12.6. The van der Waals surface area contributed by atoms with E-state index in [2.05, 4.69) is 4.90 Å². The average molecular weight is 372 g/mol. The fourth-order valence-electron chi connectivity index (χ4n) is 3.22. The van der Waals surface area contributed by atoms with Crippen molar-refractivity contribution >= 4 is 28.6 Å². The number of aromatic nitrogens is 1. The SMILES string of the molecule is O=C(c1ccc(Cl)cc1)N1CCN(Cn2c(=O)oc3ccccc32)CC1. The van der Waals surface area contributed by atoms with Crippen LogP contribution in [0.15, 0.2) is 57.7 Å². The number of carbonyl (C=O) groups excluding carboxylic acids is 1. The van der Waals surface area contributed by atoms with Gasteiger partial charge in [-0.1, -0.05) is 23.7 Å². The van der Waals surface area contributed by atoms with Crippen LogP contribution in [0.1, 0.15) is 10.4 Å². The van der Waals surface area contributed by atoms with E-state index < -0.39 is 0 Å². The number of piperazine rings is 1. The maximum atomic E-state index is 12.6. The molecule has 2 aromatic carbocycles. The highest BCUT2D eigenvalue weighted by atomic mass is 35.5. The lowest BCUT2D eigenvalue weighted by Crippen LogP contribution is -2.49. The second-order valence-electron chi connectivity index (χ2n) is 6.32. The third-order valence-corrected chi connectivity index (χ3v) is 4.92. The largest absolute Gasteiger partial charge is 0.421 e. The fourth-order valence-corrected chi connectivity index (χ4v) is 3.34. The topological polar surface area (TPSA) is 58.7 Å². The Morgan fingerprint density at radius 1 is 1.00 bits per heavy atom. The van der Waals surface area contributed by atoms with Gasteiger partial charge in [0.1, 0.15) is 0 Å². The van der Waals surface area contributed by atoms with Crippen molar-refractivity contribution < 1.29 is 9.21 Å². The Morgan fingerprint density at radius 2 is 1.69 bits per heavy atom. The monoisotopic (exact) mass is 371 g/mol. The molecule has 1 aliphatic rings. The van der Waals surface area contributed by atoms with Gasteiger partial charge in [0, 0.05) is 36.8 Å². The van der Waals surface area contributed by atoms with Gasteiger partial charge in [0.2, 0.25) is 0 Å². The second kappa shape index (κ2) is 6.97. The third kappa shape index (κ3) is 3.25. The molecule has 0 unspecified atom stereocenters. The third-order valence-electron chi connectivity index (χ3n) is 4.67. The molecule has 0 spiro atoms. The molecule has 1 saturated heterocycles. The molecule has 1 aliphatic heterocycles. The number of carbonyl (C=O) groups is 1. The Balaban J connectivity index is 1.42. The van der Waals surface area contributed by atoms with E-state index in [-0.39, 0.29) is 11.7 Å². The summed E-state index contributed by atoms with van der Waals surface area (Å²) in [5, 5.41) is 0.615. The number of para-hydroxylation sites is 2. The predicted octanol–water partition coefficient (Wildman–Crippen LogP) is 2.66. The minimum atomic E-state index is -0.356. The van der Waals surface area contributed by atoms with Gasteiger partial charge in [-0.2, -0.15) is 0 Å². The first-order valence-electron chi connectivity index (χ1n) is 8.47. The minimum absolute atomic E-state index is 0.00671. The van der Waals surface area contributed by atoms with Crippen LogP contribution in [0.3, 0.4) is 0 Å². The van der Waals surface area contributed by atoms with E-state index in [9.17, 15) is 9.59 Å². The first-order chi connectivity index (χ1) is 12.6. The molecule has 2 heterocycles. The molecule has 4 rings (SSSR count). The highest BCUT2D eigenvalue weighted by Gasteiger charge is 2.23. The molecule has 134 valence electrons. The Bertz CT molecular complexity index is 985.